The Morgan fingerprint density at radius 3 is 2.57 bits per heavy atom. The minimum Gasteiger partial charge on any atom is -0.381 e. The van der Waals surface area contributed by atoms with Gasteiger partial charge in [0.25, 0.3) is 0 Å². The number of fused-ring (bicyclic) bond motifs is 2. The van der Waals surface area contributed by atoms with Gasteiger partial charge in [0.15, 0.2) is 15.6 Å². The summed E-state index contributed by atoms with van der Waals surface area (Å²) in [6.07, 6.45) is 7.87. The van der Waals surface area contributed by atoms with E-state index in [2.05, 4.69) is 10.1 Å². The van der Waals surface area contributed by atoms with E-state index in [-0.39, 0.29) is 18.0 Å². The minimum absolute atomic E-state index is 0.147. The van der Waals surface area contributed by atoms with Gasteiger partial charge in [0.1, 0.15) is 11.5 Å². The van der Waals surface area contributed by atoms with E-state index in [1.165, 1.54) is 12.1 Å². The Labute approximate surface area is 215 Å². The van der Waals surface area contributed by atoms with Crippen LogP contribution in [-0.2, 0) is 21.0 Å². The van der Waals surface area contributed by atoms with Crippen LogP contribution >= 0.6 is 0 Å². The zero-order chi connectivity index (χ0) is 25.6. The fraction of sp³-hybridized carbons (Fsp3) is 0.393. The number of hydrogen-bond acceptors (Lipinski definition) is 6. The molecule has 0 radical (unpaired) electrons. The molecule has 0 spiro atoms. The molecule has 1 aliphatic heterocycles. The number of Topliss-reactive ketones (excluding diaryl/α,β-unsaturated/α-hetero) is 1. The highest BCUT2D eigenvalue weighted by Crippen LogP contribution is 2.51. The molecule has 0 bridgehead atoms. The van der Waals surface area contributed by atoms with Gasteiger partial charge in [-0.3, -0.25) is 9.78 Å². The van der Waals surface area contributed by atoms with Crippen molar-refractivity contribution in [3.05, 3.63) is 83.2 Å². The van der Waals surface area contributed by atoms with E-state index < -0.39 is 25.8 Å². The third-order valence-electron chi connectivity index (χ3n) is 8.12. The monoisotopic (exact) mass is 521 g/mol. The number of benzene rings is 1. The van der Waals surface area contributed by atoms with Gasteiger partial charge >= 0.3 is 0 Å². The number of ether oxygens (including phenoxy) is 1. The zero-order valence-corrected chi connectivity index (χ0v) is 21.2. The van der Waals surface area contributed by atoms with Crippen molar-refractivity contribution in [2.75, 3.05) is 13.2 Å². The Morgan fingerprint density at radius 1 is 1.05 bits per heavy atom. The minimum atomic E-state index is -3.44. The molecule has 1 aromatic carbocycles. The molecule has 3 heterocycles. The van der Waals surface area contributed by atoms with Crippen molar-refractivity contribution >= 4 is 21.7 Å². The zero-order valence-electron chi connectivity index (χ0n) is 20.3. The molecular formula is C28H28FN3O4S. The van der Waals surface area contributed by atoms with Crippen molar-refractivity contribution in [3.63, 3.8) is 0 Å². The van der Waals surface area contributed by atoms with E-state index >= 15 is 0 Å². The maximum Gasteiger partial charge on any atom is 0.191 e. The molecule has 3 aromatic rings. The second-order valence-corrected chi connectivity index (χ2v) is 12.7. The summed E-state index contributed by atoms with van der Waals surface area (Å²) in [6.45, 7) is 0.900. The van der Waals surface area contributed by atoms with E-state index in [1.807, 2.05) is 6.08 Å². The van der Waals surface area contributed by atoms with Gasteiger partial charge < -0.3 is 4.74 Å². The van der Waals surface area contributed by atoms with Crippen LogP contribution in [0.5, 0.6) is 0 Å². The molecule has 1 saturated carbocycles. The number of allylic oxidation sites excluding steroid dienone is 1. The van der Waals surface area contributed by atoms with Gasteiger partial charge in [-0.1, -0.05) is 11.6 Å². The number of hydrogen-bond donors (Lipinski definition) is 0. The summed E-state index contributed by atoms with van der Waals surface area (Å²) in [5, 5.41) is 3.52. The van der Waals surface area contributed by atoms with Crippen LogP contribution in [0.3, 0.4) is 0 Å². The smallest absolute Gasteiger partial charge is 0.191 e. The van der Waals surface area contributed by atoms with E-state index in [4.69, 9.17) is 4.74 Å². The Kier molecular flexibility index (Phi) is 6.07. The lowest BCUT2D eigenvalue weighted by Crippen LogP contribution is -2.48. The Hall–Kier alpha value is -3.17. The van der Waals surface area contributed by atoms with Crippen LogP contribution in [0.25, 0.3) is 11.8 Å². The molecule has 2 aromatic heterocycles. The molecule has 3 aliphatic rings. The summed E-state index contributed by atoms with van der Waals surface area (Å²) >= 11 is 0. The third kappa shape index (κ3) is 4.14. The van der Waals surface area contributed by atoms with Crippen molar-refractivity contribution < 1.29 is 22.3 Å². The first kappa shape index (κ1) is 24.2. The average molecular weight is 522 g/mol. The number of rotatable bonds is 5. The number of aromatic nitrogens is 3. The highest BCUT2D eigenvalue weighted by molar-refractivity contribution is 7.92. The summed E-state index contributed by atoms with van der Waals surface area (Å²) in [6, 6.07) is 11.3. The molecule has 2 aliphatic carbocycles. The topological polar surface area (TPSA) is 91.1 Å². The summed E-state index contributed by atoms with van der Waals surface area (Å²) in [4.78, 5) is 18.5. The highest BCUT2D eigenvalue weighted by Gasteiger charge is 2.52. The highest BCUT2D eigenvalue weighted by atomic mass is 32.2. The molecular weight excluding hydrogens is 493 g/mol. The van der Waals surface area contributed by atoms with E-state index in [9.17, 15) is 17.6 Å². The van der Waals surface area contributed by atoms with Gasteiger partial charge in [0.2, 0.25) is 0 Å². The average Bonchev–Trinajstić information content (AvgIpc) is 3.34. The largest absolute Gasteiger partial charge is 0.381 e. The van der Waals surface area contributed by atoms with E-state index in [1.54, 1.807) is 47.4 Å². The van der Waals surface area contributed by atoms with Crippen LogP contribution in [0, 0.1) is 11.2 Å². The third-order valence-corrected chi connectivity index (χ3v) is 10.8. The van der Waals surface area contributed by atoms with Crippen LogP contribution in [0.1, 0.15) is 53.8 Å². The maximum absolute atomic E-state index is 14.1. The first-order valence-electron chi connectivity index (χ1n) is 12.7. The molecule has 0 amide bonds. The molecule has 9 heteroatoms. The lowest BCUT2D eigenvalue weighted by molar-refractivity contribution is 0.0794. The van der Waals surface area contributed by atoms with Gasteiger partial charge in [-0.2, -0.15) is 5.10 Å². The SMILES string of the molecule is O=C(c1ccccn1)[C@]12Cc3cnn(-c4ccc(F)cc4)c3C=C1CC[C@H](S(=O)(=O)C1CCOCC1)C2. The number of carbonyl (C=O) groups excluding carboxylic acids is 1. The second-order valence-electron chi connectivity index (χ2n) is 10.2. The number of nitrogens with zero attached hydrogens (tertiary/aromatic N) is 3. The lowest BCUT2D eigenvalue weighted by Gasteiger charge is -2.44. The van der Waals surface area contributed by atoms with Crippen molar-refractivity contribution in [1.29, 1.82) is 0 Å². The fourth-order valence-corrected chi connectivity index (χ4v) is 8.51. The summed E-state index contributed by atoms with van der Waals surface area (Å²) in [7, 11) is -3.44. The number of sulfone groups is 1. The molecule has 192 valence electrons. The standard InChI is InChI=1S/C28H28FN3O4S/c29-21-5-7-22(8-6-21)32-26-15-20-4-9-24(37(34,35)23-10-13-36-14-11-23)17-28(20,16-19(26)18-31-32)27(33)25-3-1-2-12-30-25/h1-3,5-8,12,15,18,23-24H,4,9-11,13-14,16-17H2/t24-,28-/m0/s1. The lowest BCUT2D eigenvalue weighted by atomic mass is 9.61. The molecule has 2 fully saturated rings. The van der Waals surface area contributed by atoms with Gasteiger partial charge in [-0.05, 0) is 86.6 Å². The summed E-state index contributed by atoms with van der Waals surface area (Å²) < 4.78 is 48.1. The first-order valence-corrected chi connectivity index (χ1v) is 14.3. The van der Waals surface area contributed by atoms with Crippen molar-refractivity contribution in [2.24, 2.45) is 5.41 Å². The second kappa shape index (κ2) is 9.29. The number of ketones is 1. The van der Waals surface area contributed by atoms with Gasteiger partial charge in [-0.15, -0.1) is 0 Å². The number of halogens is 1. The summed E-state index contributed by atoms with van der Waals surface area (Å²) in [5.41, 5.74) is 2.68. The van der Waals surface area contributed by atoms with Crippen molar-refractivity contribution in [1.82, 2.24) is 14.8 Å². The molecule has 0 unspecified atom stereocenters. The van der Waals surface area contributed by atoms with Gasteiger partial charge in [0, 0.05) is 19.4 Å². The van der Waals surface area contributed by atoms with E-state index in [0.29, 0.717) is 51.0 Å². The fourth-order valence-electron chi connectivity index (χ4n) is 6.15. The van der Waals surface area contributed by atoms with Crippen LogP contribution in [0.15, 0.2) is 60.4 Å². The summed E-state index contributed by atoms with van der Waals surface area (Å²) in [5.74, 6) is -0.474. The predicted molar refractivity (Wildman–Crippen MR) is 137 cm³/mol. The van der Waals surface area contributed by atoms with Crippen molar-refractivity contribution in [3.8, 4) is 5.69 Å². The molecule has 7 nitrogen and oxygen atoms in total. The molecule has 1 saturated heterocycles. The van der Waals surface area contributed by atoms with Crippen LogP contribution in [-0.4, -0.2) is 52.7 Å². The normalized spacial score (nSPS) is 24.1. The predicted octanol–water partition coefficient (Wildman–Crippen LogP) is 4.36. The van der Waals surface area contributed by atoms with Crippen LogP contribution in [0.4, 0.5) is 4.39 Å². The van der Waals surface area contributed by atoms with Crippen molar-refractivity contribution in [2.45, 2.75) is 49.0 Å². The molecule has 37 heavy (non-hydrogen) atoms. The molecule has 0 N–H and O–H groups in total. The number of carbonyl (C=O) groups is 1. The quantitative estimate of drug-likeness (QED) is 0.464. The van der Waals surface area contributed by atoms with Gasteiger partial charge in [-0.25, -0.2) is 17.5 Å². The molecule has 6 rings (SSSR count). The van der Waals surface area contributed by atoms with Crippen LogP contribution < -0.4 is 0 Å². The van der Waals surface area contributed by atoms with Gasteiger partial charge in [0.05, 0.1) is 33.5 Å². The first-order chi connectivity index (χ1) is 17.9. The Bertz CT molecular complexity index is 1460. The molecule has 2 atom stereocenters. The number of pyridine rings is 1. The van der Waals surface area contributed by atoms with E-state index in [0.717, 1.165) is 22.5 Å². The Balaban J connectivity index is 1.42. The Morgan fingerprint density at radius 2 is 1.84 bits per heavy atom. The van der Waals surface area contributed by atoms with Crippen LogP contribution in [0.2, 0.25) is 0 Å². The maximum atomic E-state index is 14.1.